The van der Waals surface area contributed by atoms with Crippen molar-refractivity contribution >= 4 is 23.4 Å². The lowest BCUT2D eigenvalue weighted by Crippen LogP contribution is -2.45. The van der Waals surface area contributed by atoms with E-state index in [4.69, 9.17) is 0 Å². The lowest BCUT2D eigenvalue weighted by molar-refractivity contribution is -0.126. The van der Waals surface area contributed by atoms with Gasteiger partial charge in [-0.05, 0) is 43.9 Å². The Hall–Kier alpha value is -2.37. The van der Waals surface area contributed by atoms with Gasteiger partial charge in [0.05, 0.1) is 5.92 Å². The van der Waals surface area contributed by atoms with Crippen LogP contribution in [0.5, 0.6) is 0 Å². The van der Waals surface area contributed by atoms with Crippen molar-refractivity contribution in [2.75, 3.05) is 18.4 Å². The van der Waals surface area contributed by atoms with Gasteiger partial charge in [-0.3, -0.25) is 14.4 Å². The summed E-state index contributed by atoms with van der Waals surface area (Å²) >= 11 is 0. The van der Waals surface area contributed by atoms with Gasteiger partial charge in [0.25, 0.3) is 5.91 Å². The third-order valence-electron chi connectivity index (χ3n) is 5.05. The van der Waals surface area contributed by atoms with E-state index in [1.807, 2.05) is 20.8 Å². The van der Waals surface area contributed by atoms with Crippen LogP contribution in [0.1, 0.15) is 56.8 Å². The van der Waals surface area contributed by atoms with E-state index >= 15 is 0 Å². The highest BCUT2D eigenvalue weighted by Crippen LogP contribution is 2.24. The summed E-state index contributed by atoms with van der Waals surface area (Å²) in [7, 11) is 0. The number of carbonyl (C=O) groups excluding carboxylic acids is 3. The molecule has 0 aromatic heterocycles. The van der Waals surface area contributed by atoms with Crippen LogP contribution in [0.4, 0.5) is 5.69 Å². The Morgan fingerprint density at radius 1 is 1.11 bits per heavy atom. The molecule has 1 heterocycles. The van der Waals surface area contributed by atoms with Crippen molar-refractivity contribution in [3.05, 3.63) is 29.8 Å². The first-order valence-corrected chi connectivity index (χ1v) is 9.75. The maximum absolute atomic E-state index is 12.9. The van der Waals surface area contributed by atoms with Crippen LogP contribution in [-0.4, -0.2) is 41.8 Å². The summed E-state index contributed by atoms with van der Waals surface area (Å²) in [5.41, 5.74) is 0.639. The van der Waals surface area contributed by atoms with Crippen molar-refractivity contribution in [2.24, 2.45) is 11.3 Å². The number of hydrogen-bond acceptors (Lipinski definition) is 3. The summed E-state index contributed by atoms with van der Waals surface area (Å²) in [6.07, 6.45) is 3.78. The molecule has 1 aromatic rings. The molecule has 1 aliphatic heterocycles. The Kier molecular flexibility index (Phi) is 5.53. The molecule has 3 amide bonds. The van der Waals surface area contributed by atoms with E-state index < -0.39 is 5.41 Å². The minimum atomic E-state index is -0.505. The molecular formula is C21H29N3O3. The SMILES string of the molecule is CC(C)(C)C(=O)Nc1cccc(C(=O)N2CCCC(C(=O)NC3CC3)C2)c1. The molecule has 0 bridgehead atoms. The Balaban J connectivity index is 1.65. The van der Waals surface area contributed by atoms with E-state index in [0.717, 1.165) is 25.7 Å². The highest BCUT2D eigenvalue weighted by molar-refractivity contribution is 5.98. The molecule has 1 saturated carbocycles. The van der Waals surface area contributed by atoms with E-state index in [-0.39, 0.29) is 23.6 Å². The molecule has 1 aromatic carbocycles. The number of piperidine rings is 1. The van der Waals surface area contributed by atoms with Gasteiger partial charge in [-0.25, -0.2) is 0 Å². The molecule has 2 fully saturated rings. The number of likely N-dealkylation sites (tertiary alicyclic amines) is 1. The van der Waals surface area contributed by atoms with Gasteiger partial charge in [0.15, 0.2) is 0 Å². The van der Waals surface area contributed by atoms with Crippen molar-refractivity contribution in [3.8, 4) is 0 Å². The summed E-state index contributed by atoms with van der Waals surface area (Å²) < 4.78 is 0. The zero-order valence-corrected chi connectivity index (χ0v) is 16.4. The predicted molar refractivity (Wildman–Crippen MR) is 104 cm³/mol. The Bertz CT molecular complexity index is 734. The quantitative estimate of drug-likeness (QED) is 0.854. The summed E-state index contributed by atoms with van der Waals surface area (Å²) in [4.78, 5) is 39.2. The van der Waals surface area contributed by atoms with Gasteiger partial charge in [-0.1, -0.05) is 26.8 Å². The van der Waals surface area contributed by atoms with Gasteiger partial charge >= 0.3 is 0 Å². The van der Waals surface area contributed by atoms with E-state index in [1.54, 1.807) is 29.2 Å². The average molecular weight is 371 g/mol. The summed E-state index contributed by atoms with van der Waals surface area (Å²) in [6.45, 7) is 6.65. The van der Waals surface area contributed by atoms with Crippen LogP contribution in [0.2, 0.25) is 0 Å². The molecule has 0 radical (unpaired) electrons. The van der Waals surface area contributed by atoms with Crippen LogP contribution in [0.3, 0.4) is 0 Å². The largest absolute Gasteiger partial charge is 0.353 e. The monoisotopic (exact) mass is 371 g/mol. The van der Waals surface area contributed by atoms with Crippen molar-refractivity contribution in [3.63, 3.8) is 0 Å². The van der Waals surface area contributed by atoms with Gasteiger partial charge in [-0.15, -0.1) is 0 Å². The Morgan fingerprint density at radius 3 is 2.52 bits per heavy atom. The van der Waals surface area contributed by atoms with Gasteiger partial charge in [0.2, 0.25) is 11.8 Å². The van der Waals surface area contributed by atoms with Crippen LogP contribution in [-0.2, 0) is 9.59 Å². The fraction of sp³-hybridized carbons (Fsp3) is 0.571. The highest BCUT2D eigenvalue weighted by Gasteiger charge is 2.32. The van der Waals surface area contributed by atoms with E-state index in [9.17, 15) is 14.4 Å². The lowest BCUT2D eigenvalue weighted by Gasteiger charge is -2.32. The number of amides is 3. The Morgan fingerprint density at radius 2 is 1.85 bits per heavy atom. The van der Waals surface area contributed by atoms with Gasteiger partial charge in [0.1, 0.15) is 0 Å². The molecule has 0 spiro atoms. The van der Waals surface area contributed by atoms with Crippen LogP contribution in [0.25, 0.3) is 0 Å². The number of hydrogen-bond donors (Lipinski definition) is 2. The summed E-state index contributed by atoms with van der Waals surface area (Å²) in [5, 5.41) is 5.91. The molecule has 1 atom stereocenters. The second-order valence-corrected chi connectivity index (χ2v) is 8.66. The number of benzene rings is 1. The molecule has 6 heteroatoms. The van der Waals surface area contributed by atoms with Crippen LogP contribution >= 0.6 is 0 Å². The first-order valence-electron chi connectivity index (χ1n) is 9.75. The first kappa shape index (κ1) is 19.4. The molecule has 2 N–H and O–H groups in total. The highest BCUT2D eigenvalue weighted by atomic mass is 16.2. The number of rotatable bonds is 4. The molecule has 1 unspecified atom stereocenters. The smallest absolute Gasteiger partial charge is 0.253 e. The molecule has 3 rings (SSSR count). The van der Waals surface area contributed by atoms with E-state index in [0.29, 0.717) is 30.4 Å². The van der Waals surface area contributed by atoms with Gasteiger partial charge < -0.3 is 15.5 Å². The molecular weight excluding hydrogens is 342 g/mol. The second kappa shape index (κ2) is 7.71. The van der Waals surface area contributed by atoms with Crippen molar-refractivity contribution in [2.45, 2.75) is 52.5 Å². The van der Waals surface area contributed by atoms with Crippen molar-refractivity contribution < 1.29 is 14.4 Å². The number of anilines is 1. The van der Waals surface area contributed by atoms with E-state index in [2.05, 4.69) is 10.6 Å². The van der Waals surface area contributed by atoms with Gasteiger partial charge in [0, 0.05) is 35.8 Å². The maximum atomic E-state index is 12.9. The first-order chi connectivity index (χ1) is 12.7. The zero-order chi connectivity index (χ0) is 19.6. The molecule has 27 heavy (non-hydrogen) atoms. The number of nitrogens with one attached hydrogen (secondary N) is 2. The third-order valence-corrected chi connectivity index (χ3v) is 5.05. The maximum Gasteiger partial charge on any atom is 0.253 e. The second-order valence-electron chi connectivity index (χ2n) is 8.66. The Labute approximate surface area is 160 Å². The normalized spacial score (nSPS) is 20.1. The van der Waals surface area contributed by atoms with Crippen molar-refractivity contribution in [1.82, 2.24) is 10.2 Å². The zero-order valence-electron chi connectivity index (χ0n) is 16.4. The molecule has 6 nitrogen and oxygen atoms in total. The third kappa shape index (κ3) is 5.08. The predicted octanol–water partition coefficient (Wildman–Crippen LogP) is 2.80. The van der Waals surface area contributed by atoms with Crippen molar-refractivity contribution in [1.29, 1.82) is 0 Å². The van der Waals surface area contributed by atoms with E-state index in [1.165, 1.54) is 0 Å². The average Bonchev–Trinajstić information content (AvgIpc) is 3.44. The molecule has 1 saturated heterocycles. The lowest BCUT2D eigenvalue weighted by atomic mass is 9.95. The fourth-order valence-corrected chi connectivity index (χ4v) is 3.15. The minimum Gasteiger partial charge on any atom is -0.353 e. The van der Waals surface area contributed by atoms with Crippen LogP contribution in [0.15, 0.2) is 24.3 Å². The number of carbonyl (C=O) groups is 3. The molecule has 1 aliphatic carbocycles. The molecule has 2 aliphatic rings. The summed E-state index contributed by atoms with van der Waals surface area (Å²) in [6, 6.07) is 7.35. The fourth-order valence-electron chi connectivity index (χ4n) is 3.15. The topological polar surface area (TPSA) is 78.5 Å². The van der Waals surface area contributed by atoms with Crippen LogP contribution < -0.4 is 10.6 Å². The van der Waals surface area contributed by atoms with Crippen LogP contribution in [0, 0.1) is 11.3 Å². The standard InChI is InChI=1S/C21H29N3O3/c1-21(2,3)20(27)23-17-8-4-6-14(12-17)19(26)24-11-5-7-15(13-24)18(25)22-16-9-10-16/h4,6,8,12,15-16H,5,7,9-11,13H2,1-3H3,(H,22,25)(H,23,27). The number of nitrogens with zero attached hydrogens (tertiary/aromatic N) is 1. The molecule has 146 valence electrons. The summed E-state index contributed by atoms with van der Waals surface area (Å²) in [5.74, 6) is -0.249. The van der Waals surface area contributed by atoms with Gasteiger partial charge in [-0.2, -0.15) is 0 Å². The minimum absolute atomic E-state index is 0.0705.